The molecule has 0 N–H and O–H groups in total. The van der Waals surface area contributed by atoms with Gasteiger partial charge in [0.15, 0.2) is 8.32 Å². The van der Waals surface area contributed by atoms with Crippen LogP contribution in [0.3, 0.4) is 0 Å². The lowest BCUT2D eigenvalue weighted by Crippen LogP contribution is -2.53. The molecule has 20 heavy (non-hydrogen) atoms. The van der Waals surface area contributed by atoms with Gasteiger partial charge in [0.05, 0.1) is 25.8 Å². The van der Waals surface area contributed by atoms with E-state index in [0.717, 1.165) is 6.42 Å². The molecule has 1 aliphatic heterocycles. The Hall–Kier alpha value is -1.06. The van der Waals surface area contributed by atoms with Gasteiger partial charge in [-0.1, -0.05) is 20.8 Å². The second kappa shape index (κ2) is 6.14. The van der Waals surface area contributed by atoms with E-state index in [1.807, 2.05) is 0 Å². The summed E-state index contributed by atoms with van der Waals surface area (Å²) in [5, 5.41) is 9.26. The Bertz CT molecular complexity index is 398. The Kier molecular flexibility index (Phi) is 5.22. The second-order valence-electron chi connectivity index (χ2n) is 6.84. The molecular weight excluding hydrogens is 272 g/mol. The molecule has 1 heterocycles. The van der Waals surface area contributed by atoms with E-state index in [4.69, 9.17) is 14.4 Å². The van der Waals surface area contributed by atoms with E-state index in [-0.39, 0.29) is 11.1 Å². The molecule has 1 aliphatic rings. The highest BCUT2D eigenvalue weighted by molar-refractivity contribution is 6.74. The molecule has 5 nitrogen and oxygen atoms in total. The minimum absolute atomic E-state index is 0.000378. The van der Waals surface area contributed by atoms with Gasteiger partial charge in [-0.15, -0.1) is 0 Å². The predicted molar refractivity (Wildman–Crippen MR) is 79.8 cm³/mol. The van der Waals surface area contributed by atoms with Gasteiger partial charge in [0.25, 0.3) is 0 Å². The van der Waals surface area contributed by atoms with Crippen molar-refractivity contribution in [3.05, 3.63) is 0 Å². The molecule has 1 rings (SSSR count). The summed E-state index contributed by atoms with van der Waals surface area (Å²) in [6.45, 7) is 11.4. The first kappa shape index (κ1) is 17.0. The quantitative estimate of drug-likeness (QED) is 0.735. The van der Waals surface area contributed by atoms with Crippen LogP contribution in [0.4, 0.5) is 4.79 Å². The molecule has 6 heteroatoms. The lowest BCUT2D eigenvalue weighted by atomic mass is 10.0. The average Bonchev–Trinajstić information content (AvgIpc) is 2.36. The van der Waals surface area contributed by atoms with Crippen molar-refractivity contribution in [1.82, 2.24) is 4.90 Å². The fraction of sp³-hybridized carbons (Fsp3) is 0.857. The normalized spacial score (nSPS) is 24.1. The van der Waals surface area contributed by atoms with Gasteiger partial charge < -0.3 is 9.16 Å². The standard InChI is InChI=1S/C14H26N2O3Si/c1-14(2,3)20(5,6)19-12-8-7-11(9-15)16(10-12)13(17)18-4/h11-12H,7-8,10H2,1-6H3/t11-,12+/m1/s1. The number of amides is 1. The topological polar surface area (TPSA) is 62.6 Å². The van der Waals surface area contributed by atoms with Crippen molar-refractivity contribution in [2.45, 2.75) is 63.9 Å². The van der Waals surface area contributed by atoms with Gasteiger partial charge in [-0.2, -0.15) is 5.26 Å². The van der Waals surface area contributed by atoms with E-state index >= 15 is 0 Å². The summed E-state index contributed by atoms with van der Waals surface area (Å²) in [6, 6.07) is 1.76. The van der Waals surface area contributed by atoms with E-state index in [2.05, 4.69) is 39.9 Å². The molecule has 0 aromatic heterocycles. The minimum atomic E-state index is -1.86. The maximum Gasteiger partial charge on any atom is 0.410 e. The summed E-state index contributed by atoms with van der Waals surface area (Å²) >= 11 is 0. The smallest absolute Gasteiger partial charge is 0.410 e. The van der Waals surface area contributed by atoms with Gasteiger partial charge in [0.2, 0.25) is 0 Å². The molecule has 0 spiro atoms. The summed E-state index contributed by atoms with van der Waals surface area (Å²) in [6.07, 6.45) is 1.02. The zero-order valence-electron chi connectivity index (χ0n) is 13.4. The van der Waals surface area contributed by atoms with Gasteiger partial charge >= 0.3 is 6.09 Å². The molecule has 114 valence electrons. The molecule has 1 saturated heterocycles. The summed E-state index contributed by atoms with van der Waals surface area (Å²) < 4.78 is 11.1. The number of ether oxygens (including phenoxy) is 1. The third-order valence-corrected chi connectivity index (χ3v) is 8.90. The second-order valence-corrected chi connectivity index (χ2v) is 11.6. The largest absolute Gasteiger partial charge is 0.453 e. The maximum atomic E-state index is 11.8. The van der Waals surface area contributed by atoms with Crippen molar-refractivity contribution in [2.75, 3.05) is 13.7 Å². The van der Waals surface area contributed by atoms with Crippen LogP contribution in [0.25, 0.3) is 0 Å². The highest BCUT2D eigenvalue weighted by Gasteiger charge is 2.41. The molecule has 1 fully saturated rings. The van der Waals surface area contributed by atoms with Crippen LogP contribution in [-0.4, -0.2) is 45.1 Å². The van der Waals surface area contributed by atoms with Crippen LogP contribution in [0.15, 0.2) is 0 Å². The maximum absolute atomic E-state index is 11.8. The highest BCUT2D eigenvalue weighted by Crippen LogP contribution is 2.38. The van der Waals surface area contributed by atoms with Crippen LogP contribution in [0.2, 0.25) is 18.1 Å². The Morgan fingerprint density at radius 3 is 2.40 bits per heavy atom. The Morgan fingerprint density at radius 1 is 1.35 bits per heavy atom. The number of nitriles is 1. The molecule has 0 unspecified atom stereocenters. The van der Waals surface area contributed by atoms with E-state index in [9.17, 15) is 4.79 Å². The number of hydrogen-bond acceptors (Lipinski definition) is 4. The van der Waals surface area contributed by atoms with Crippen LogP contribution in [0.1, 0.15) is 33.6 Å². The fourth-order valence-corrected chi connectivity index (χ4v) is 3.46. The van der Waals surface area contributed by atoms with Crippen molar-refractivity contribution < 1.29 is 14.0 Å². The molecule has 0 radical (unpaired) electrons. The summed E-state index contributed by atoms with van der Waals surface area (Å²) in [5.41, 5.74) is 0. The molecule has 0 saturated carbocycles. The monoisotopic (exact) mass is 298 g/mol. The number of nitrogens with zero attached hydrogens (tertiary/aromatic N) is 2. The third-order valence-electron chi connectivity index (χ3n) is 4.36. The zero-order valence-corrected chi connectivity index (χ0v) is 14.4. The number of carbonyl (C=O) groups is 1. The van der Waals surface area contributed by atoms with Crippen LogP contribution in [0.5, 0.6) is 0 Å². The lowest BCUT2D eigenvalue weighted by molar-refractivity contribution is 0.0484. The first-order valence-electron chi connectivity index (χ1n) is 7.04. The van der Waals surface area contributed by atoms with Crippen molar-refractivity contribution in [2.24, 2.45) is 0 Å². The van der Waals surface area contributed by atoms with Crippen molar-refractivity contribution in [1.29, 1.82) is 5.26 Å². The van der Waals surface area contributed by atoms with Gasteiger partial charge in [-0.3, -0.25) is 4.90 Å². The van der Waals surface area contributed by atoms with Gasteiger partial charge in [0, 0.05) is 0 Å². The van der Waals surface area contributed by atoms with Crippen molar-refractivity contribution in [3.8, 4) is 6.07 Å². The molecular formula is C14H26N2O3Si. The minimum Gasteiger partial charge on any atom is -0.453 e. The van der Waals surface area contributed by atoms with Crippen LogP contribution in [0, 0.1) is 11.3 Å². The molecule has 0 aliphatic carbocycles. The SMILES string of the molecule is COC(=O)N1C[C@@H](O[Si](C)(C)C(C)(C)C)CC[C@@H]1C#N. The predicted octanol–water partition coefficient (Wildman–Crippen LogP) is 3.13. The lowest BCUT2D eigenvalue weighted by Gasteiger charge is -2.43. The zero-order chi connectivity index (χ0) is 15.6. The number of carbonyl (C=O) groups excluding carboxylic acids is 1. The van der Waals surface area contributed by atoms with E-state index in [0.29, 0.717) is 13.0 Å². The van der Waals surface area contributed by atoms with Crippen LogP contribution >= 0.6 is 0 Å². The molecule has 0 bridgehead atoms. The Labute approximate surface area is 123 Å². The van der Waals surface area contributed by atoms with Crippen molar-refractivity contribution >= 4 is 14.4 Å². The van der Waals surface area contributed by atoms with Gasteiger partial charge in [-0.05, 0) is 31.0 Å². The van der Waals surface area contributed by atoms with Gasteiger partial charge in [0.1, 0.15) is 6.04 Å². The number of likely N-dealkylation sites (tertiary alicyclic amines) is 1. The first-order valence-corrected chi connectivity index (χ1v) is 9.95. The van der Waals surface area contributed by atoms with Gasteiger partial charge in [-0.25, -0.2) is 4.79 Å². The molecule has 1 amide bonds. The van der Waals surface area contributed by atoms with Crippen LogP contribution in [-0.2, 0) is 9.16 Å². The first-order chi connectivity index (χ1) is 9.12. The number of hydrogen-bond donors (Lipinski definition) is 0. The van der Waals surface area contributed by atoms with E-state index in [1.165, 1.54) is 12.0 Å². The highest BCUT2D eigenvalue weighted by atomic mass is 28.4. The summed E-state index contributed by atoms with van der Waals surface area (Å²) in [7, 11) is -0.518. The summed E-state index contributed by atoms with van der Waals surface area (Å²) in [4.78, 5) is 13.2. The molecule has 0 aromatic rings. The Morgan fingerprint density at radius 2 is 1.95 bits per heavy atom. The fourth-order valence-electron chi connectivity index (χ4n) is 2.08. The van der Waals surface area contributed by atoms with E-state index < -0.39 is 20.5 Å². The third kappa shape index (κ3) is 3.74. The average molecular weight is 298 g/mol. The molecule has 0 aromatic carbocycles. The van der Waals surface area contributed by atoms with Crippen LogP contribution < -0.4 is 0 Å². The number of methoxy groups -OCH3 is 1. The number of rotatable bonds is 2. The Balaban J connectivity index is 2.76. The molecule has 2 atom stereocenters. The van der Waals surface area contributed by atoms with E-state index in [1.54, 1.807) is 0 Å². The summed E-state index contributed by atoms with van der Waals surface area (Å²) in [5.74, 6) is 0. The number of piperidine rings is 1. The van der Waals surface area contributed by atoms with Crippen molar-refractivity contribution in [3.63, 3.8) is 0 Å².